The van der Waals surface area contributed by atoms with Gasteiger partial charge in [-0.1, -0.05) is 30.3 Å². The third kappa shape index (κ3) is 5.12. The van der Waals surface area contributed by atoms with Crippen molar-refractivity contribution in [2.24, 2.45) is 0 Å². The summed E-state index contributed by atoms with van der Waals surface area (Å²) in [5.41, 5.74) is 13.1. The molecule has 5 aromatic rings. The summed E-state index contributed by atoms with van der Waals surface area (Å²) in [6, 6.07) is 21.6. The van der Waals surface area contributed by atoms with Gasteiger partial charge < -0.3 is 20.4 Å². The highest BCUT2D eigenvalue weighted by molar-refractivity contribution is 5.80. The molecule has 5 rings (SSSR count). The summed E-state index contributed by atoms with van der Waals surface area (Å²) in [5, 5.41) is 44.3. The van der Waals surface area contributed by atoms with Gasteiger partial charge in [-0.05, 0) is 164 Å². The molecule has 0 aromatic heterocycles. The molecule has 0 atom stereocenters. The van der Waals surface area contributed by atoms with E-state index in [1.165, 1.54) is 0 Å². The van der Waals surface area contributed by atoms with Crippen LogP contribution in [-0.2, 0) is 0 Å². The first-order chi connectivity index (χ1) is 20.3. The summed E-state index contributed by atoms with van der Waals surface area (Å²) in [6.07, 6.45) is 0. The second kappa shape index (κ2) is 11.2. The van der Waals surface area contributed by atoms with Crippen LogP contribution in [0.5, 0.6) is 23.0 Å². The van der Waals surface area contributed by atoms with Crippen LogP contribution >= 0.6 is 0 Å². The molecule has 0 spiro atoms. The molecule has 0 aliphatic carbocycles. The summed E-state index contributed by atoms with van der Waals surface area (Å²) >= 11 is 0. The molecule has 0 saturated carbocycles. The molecule has 0 saturated heterocycles. The molecule has 4 N–H and O–H groups in total. The second-order valence-electron chi connectivity index (χ2n) is 12.0. The van der Waals surface area contributed by atoms with Gasteiger partial charge in [-0.25, -0.2) is 0 Å². The molecule has 220 valence electrons. The molecule has 4 heteroatoms. The highest BCUT2D eigenvalue weighted by Gasteiger charge is 2.31. The Kier molecular flexibility index (Phi) is 7.74. The van der Waals surface area contributed by atoms with Crippen LogP contribution in [0.15, 0.2) is 66.7 Å². The number of phenols is 4. The van der Waals surface area contributed by atoms with Gasteiger partial charge in [0.15, 0.2) is 0 Å². The Morgan fingerprint density at radius 1 is 0.419 bits per heavy atom. The van der Waals surface area contributed by atoms with E-state index in [0.717, 1.165) is 83.5 Å². The number of phenolic OH excluding ortho intramolecular Hbond substituents is 4. The largest absolute Gasteiger partial charge is 0.508 e. The topological polar surface area (TPSA) is 80.9 Å². The SMILES string of the molecule is Cc1cc(-c2cc(C)c(O)c(C(c3ccccc3)c3c(C)c(-c4cc(C)c(O)cc4C)cc(C)c3O)c2C)c(C)cc1O. The molecular weight excluding hydrogens is 532 g/mol. The van der Waals surface area contributed by atoms with Crippen LogP contribution in [0.4, 0.5) is 0 Å². The van der Waals surface area contributed by atoms with Crippen LogP contribution in [0, 0.1) is 55.4 Å². The van der Waals surface area contributed by atoms with Crippen LogP contribution in [0.25, 0.3) is 22.3 Å². The number of aryl methyl sites for hydroxylation is 6. The maximum atomic E-state index is 11.8. The van der Waals surface area contributed by atoms with E-state index in [2.05, 4.69) is 0 Å². The predicted molar refractivity (Wildman–Crippen MR) is 176 cm³/mol. The number of rotatable bonds is 5. The lowest BCUT2D eigenvalue weighted by molar-refractivity contribution is 0.453. The van der Waals surface area contributed by atoms with Gasteiger partial charge in [0.05, 0.1) is 0 Å². The fourth-order valence-electron chi connectivity index (χ4n) is 6.43. The van der Waals surface area contributed by atoms with E-state index in [9.17, 15) is 20.4 Å². The predicted octanol–water partition coefficient (Wildman–Crippen LogP) is 9.49. The van der Waals surface area contributed by atoms with E-state index in [4.69, 9.17) is 0 Å². The van der Waals surface area contributed by atoms with Gasteiger partial charge in [0, 0.05) is 17.0 Å². The molecule has 0 unspecified atom stereocenters. The zero-order chi connectivity index (χ0) is 31.3. The monoisotopic (exact) mass is 572 g/mol. The van der Waals surface area contributed by atoms with Gasteiger partial charge in [0.2, 0.25) is 0 Å². The highest BCUT2D eigenvalue weighted by Crippen LogP contribution is 2.50. The molecule has 0 bridgehead atoms. The van der Waals surface area contributed by atoms with Crippen LogP contribution in [0.3, 0.4) is 0 Å². The Labute approximate surface area is 254 Å². The lowest BCUT2D eigenvalue weighted by atomic mass is 9.75. The Balaban J connectivity index is 1.89. The van der Waals surface area contributed by atoms with Gasteiger partial charge in [0.25, 0.3) is 0 Å². The van der Waals surface area contributed by atoms with Crippen molar-refractivity contribution >= 4 is 0 Å². The third-order valence-electron chi connectivity index (χ3n) is 8.97. The van der Waals surface area contributed by atoms with E-state index in [-0.39, 0.29) is 23.0 Å². The van der Waals surface area contributed by atoms with Gasteiger partial charge in [0.1, 0.15) is 23.0 Å². The molecule has 4 nitrogen and oxygen atoms in total. The first-order valence-corrected chi connectivity index (χ1v) is 14.6. The zero-order valence-corrected chi connectivity index (χ0v) is 26.2. The van der Waals surface area contributed by atoms with Crippen LogP contribution < -0.4 is 0 Å². The van der Waals surface area contributed by atoms with Crippen LogP contribution in [0.1, 0.15) is 67.1 Å². The molecule has 43 heavy (non-hydrogen) atoms. The zero-order valence-electron chi connectivity index (χ0n) is 26.2. The summed E-state index contributed by atoms with van der Waals surface area (Å²) in [4.78, 5) is 0. The van der Waals surface area contributed by atoms with Gasteiger partial charge in [-0.3, -0.25) is 0 Å². The van der Waals surface area contributed by atoms with Gasteiger partial charge in [-0.15, -0.1) is 0 Å². The van der Waals surface area contributed by atoms with Crippen molar-refractivity contribution in [3.8, 4) is 45.3 Å². The Morgan fingerprint density at radius 3 is 1.19 bits per heavy atom. The highest BCUT2D eigenvalue weighted by atomic mass is 16.3. The number of aromatic hydroxyl groups is 4. The van der Waals surface area contributed by atoms with Crippen molar-refractivity contribution in [1.29, 1.82) is 0 Å². The molecular formula is C39H40O4. The Bertz CT molecular complexity index is 1760. The standard InChI is InChI=1S/C39H40O4/c1-20-18-33(40)22(3)14-29(20)31-16-24(5)38(42)35(26(31)7)37(28-12-10-9-11-13-28)36-27(8)32(17-25(6)39(36)43)30-15-23(4)34(41)19-21(30)2/h9-19,37,40-43H,1-8H3. The minimum Gasteiger partial charge on any atom is -0.508 e. The van der Waals surface area contributed by atoms with Gasteiger partial charge in [-0.2, -0.15) is 0 Å². The normalized spacial score (nSPS) is 11.4. The summed E-state index contributed by atoms with van der Waals surface area (Å²) < 4.78 is 0. The van der Waals surface area contributed by atoms with Crippen molar-refractivity contribution in [2.75, 3.05) is 0 Å². The summed E-state index contributed by atoms with van der Waals surface area (Å²) in [6.45, 7) is 15.6. The number of hydrogen-bond acceptors (Lipinski definition) is 4. The average Bonchev–Trinajstić information content (AvgIpc) is 2.96. The smallest absolute Gasteiger partial charge is 0.122 e. The summed E-state index contributed by atoms with van der Waals surface area (Å²) in [7, 11) is 0. The molecule has 0 fully saturated rings. The maximum Gasteiger partial charge on any atom is 0.122 e. The molecule has 0 radical (unpaired) electrons. The molecule has 0 amide bonds. The fraction of sp³-hybridized carbons (Fsp3) is 0.231. The Hall–Kier alpha value is -4.70. The molecule has 0 aliphatic heterocycles. The maximum absolute atomic E-state index is 11.8. The van der Waals surface area contributed by atoms with Crippen molar-refractivity contribution in [3.05, 3.63) is 128 Å². The minimum absolute atomic E-state index is 0.196. The molecule has 0 aliphatic rings. The molecule has 0 heterocycles. The first-order valence-electron chi connectivity index (χ1n) is 14.6. The Morgan fingerprint density at radius 2 is 0.791 bits per heavy atom. The van der Waals surface area contributed by atoms with E-state index >= 15 is 0 Å². The van der Waals surface area contributed by atoms with Gasteiger partial charge >= 0.3 is 0 Å². The number of benzene rings is 5. The van der Waals surface area contributed by atoms with Crippen LogP contribution in [0.2, 0.25) is 0 Å². The third-order valence-corrected chi connectivity index (χ3v) is 8.97. The van der Waals surface area contributed by atoms with E-state index < -0.39 is 5.92 Å². The van der Waals surface area contributed by atoms with Crippen molar-refractivity contribution in [1.82, 2.24) is 0 Å². The van der Waals surface area contributed by atoms with E-state index in [0.29, 0.717) is 0 Å². The fourth-order valence-corrected chi connectivity index (χ4v) is 6.43. The van der Waals surface area contributed by atoms with E-state index in [1.54, 1.807) is 12.1 Å². The van der Waals surface area contributed by atoms with Crippen molar-refractivity contribution in [2.45, 2.75) is 61.3 Å². The second-order valence-corrected chi connectivity index (χ2v) is 12.0. The first kappa shape index (κ1) is 29.8. The van der Waals surface area contributed by atoms with Crippen LogP contribution in [-0.4, -0.2) is 20.4 Å². The van der Waals surface area contributed by atoms with E-state index in [1.807, 2.05) is 110 Å². The minimum atomic E-state index is -0.476. The van der Waals surface area contributed by atoms with Crippen molar-refractivity contribution < 1.29 is 20.4 Å². The lowest BCUT2D eigenvalue weighted by Gasteiger charge is -2.29. The van der Waals surface area contributed by atoms with Crippen molar-refractivity contribution in [3.63, 3.8) is 0 Å². The quantitative estimate of drug-likeness (QED) is 0.158. The summed E-state index contributed by atoms with van der Waals surface area (Å²) in [5.74, 6) is 0.424. The molecule has 5 aromatic carbocycles. The lowest BCUT2D eigenvalue weighted by Crippen LogP contribution is -2.11. The average molecular weight is 573 g/mol. The number of hydrogen-bond donors (Lipinski definition) is 4.